The second-order valence-electron chi connectivity index (χ2n) is 3.56. The lowest BCUT2D eigenvalue weighted by Gasteiger charge is -2.29. The van der Waals surface area contributed by atoms with Crippen LogP contribution in [0.4, 0.5) is 0 Å². The Labute approximate surface area is 65.9 Å². The molecule has 0 aromatic rings. The maximum absolute atomic E-state index is 11.3. The van der Waals surface area contributed by atoms with Crippen LogP contribution in [0.3, 0.4) is 0 Å². The van der Waals surface area contributed by atoms with E-state index < -0.39 is 0 Å². The lowest BCUT2D eigenvalue weighted by Crippen LogP contribution is -2.43. The first-order chi connectivity index (χ1) is 5.20. The van der Waals surface area contributed by atoms with Crippen LogP contribution in [0.5, 0.6) is 0 Å². The van der Waals surface area contributed by atoms with Crippen LogP contribution in [-0.4, -0.2) is 18.6 Å². The van der Waals surface area contributed by atoms with Gasteiger partial charge in [-0.3, -0.25) is 4.79 Å². The number of hydrogen-bond acceptors (Lipinski definition) is 3. The summed E-state index contributed by atoms with van der Waals surface area (Å²) in [7, 11) is 0. The van der Waals surface area contributed by atoms with E-state index in [2.05, 4.69) is 0 Å². The quantitative estimate of drug-likeness (QED) is 0.583. The third-order valence-electron chi connectivity index (χ3n) is 2.93. The molecule has 0 spiro atoms. The first-order valence-corrected chi connectivity index (χ1v) is 4.13. The van der Waals surface area contributed by atoms with Crippen molar-refractivity contribution in [1.82, 2.24) is 0 Å². The van der Waals surface area contributed by atoms with Gasteiger partial charge in [0.25, 0.3) is 0 Å². The molecule has 0 aromatic carbocycles. The summed E-state index contributed by atoms with van der Waals surface area (Å²) < 4.78 is 4.94. The van der Waals surface area contributed by atoms with Gasteiger partial charge in [0.1, 0.15) is 0 Å². The molecule has 3 heteroatoms. The van der Waals surface area contributed by atoms with E-state index in [0.29, 0.717) is 12.5 Å². The molecule has 0 aliphatic heterocycles. The number of carbonyl (C=O) groups excluding carboxylic acids is 1. The first-order valence-electron chi connectivity index (χ1n) is 4.13. The molecule has 2 aliphatic carbocycles. The number of rotatable bonds is 2. The number of esters is 1. The third-order valence-corrected chi connectivity index (χ3v) is 2.93. The fourth-order valence-electron chi connectivity index (χ4n) is 2.12. The topological polar surface area (TPSA) is 52.3 Å². The Kier molecular flexibility index (Phi) is 1.27. The maximum Gasteiger partial charge on any atom is 0.312 e. The lowest BCUT2D eigenvalue weighted by molar-refractivity contribution is -0.153. The molecule has 2 fully saturated rings. The van der Waals surface area contributed by atoms with Crippen molar-refractivity contribution in [1.29, 1.82) is 0 Å². The van der Waals surface area contributed by atoms with Crippen LogP contribution in [0, 0.1) is 11.3 Å². The normalized spacial score (nSPS) is 45.6. The van der Waals surface area contributed by atoms with Gasteiger partial charge in [0, 0.05) is 6.04 Å². The molecular weight excluding hydrogens is 142 g/mol. The lowest BCUT2D eigenvalue weighted by atomic mass is 9.80. The molecule has 0 unspecified atom stereocenters. The zero-order valence-electron chi connectivity index (χ0n) is 6.67. The summed E-state index contributed by atoms with van der Waals surface area (Å²) in [6.45, 7) is 2.33. The molecule has 11 heavy (non-hydrogen) atoms. The average molecular weight is 155 g/mol. The summed E-state index contributed by atoms with van der Waals surface area (Å²) >= 11 is 0. The molecule has 2 aliphatic rings. The van der Waals surface area contributed by atoms with E-state index in [1.807, 2.05) is 6.92 Å². The average Bonchev–Trinajstić information content (AvgIpc) is 2.57. The standard InChI is InChI=1S/C8H13NO2/c1-2-11-7(10)8-3-5(8)6(9)4-8/h5-6H,2-4,9H2,1H3/t5-,6-,8-/m0/s1. The number of fused-ring (bicyclic) bond motifs is 1. The molecule has 62 valence electrons. The minimum Gasteiger partial charge on any atom is -0.466 e. The summed E-state index contributed by atoms with van der Waals surface area (Å²) in [5.41, 5.74) is 5.56. The highest BCUT2D eigenvalue weighted by atomic mass is 16.5. The summed E-state index contributed by atoms with van der Waals surface area (Å²) in [6, 6.07) is 0.263. The van der Waals surface area contributed by atoms with Crippen molar-refractivity contribution in [3.05, 3.63) is 0 Å². The van der Waals surface area contributed by atoms with Gasteiger partial charge in [0.05, 0.1) is 12.0 Å². The van der Waals surface area contributed by atoms with Gasteiger partial charge in [-0.2, -0.15) is 0 Å². The summed E-state index contributed by atoms with van der Waals surface area (Å²) in [5, 5.41) is 0. The van der Waals surface area contributed by atoms with E-state index in [0.717, 1.165) is 12.8 Å². The van der Waals surface area contributed by atoms with Crippen molar-refractivity contribution in [3.8, 4) is 0 Å². The Hall–Kier alpha value is -0.570. The van der Waals surface area contributed by atoms with Crippen LogP contribution < -0.4 is 5.73 Å². The smallest absolute Gasteiger partial charge is 0.312 e. The van der Waals surface area contributed by atoms with Crippen LogP contribution in [0.2, 0.25) is 0 Å². The summed E-state index contributed by atoms with van der Waals surface area (Å²) in [6.07, 6.45) is 1.81. The van der Waals surface area contributed by atoms with Crippen LogP contribution in [0.1, 0.15) is 19.8 Å². The monoisotopic (exact) mass is 155 g/mol. The predicted molar refractivity (Wildman–Crippen MR) is 39.8 cm³/mol. The Morgan fingerprint density at radius 2 is 2.45 bits per heavy atom. The van der Waals surface area contributed by atoms with E-state index in [1.54, 1.807) is 0 Å². The number of hydrogen-bond donors (Lipinski definition) is 1. The zero-order valence-corrected chi connectivity index (χ0v) is 6.67. The predicted octanol–water partition coefficient (Wildman–Crippen LogP) is 0.287. The van der Waals surface area contributed by atoms with Gasteiger partial charge in [0.2, 0.25) is 0 Å². The minimum absolute atomic E-state index is 0.0216. The molecule has 0 bridgehead atoms. The minimum atomic E-state index is -0.116. The van der Waals surface area contributed by atoms with E-state index in [9.17, 15) is 4.79 Å². The van der Waals surface area contributed by atoms with E-state index >= 15 is 0 Å². The molecule has 0 saturated heterocycles. The van der Waals surface area contributed by atoms with Gasteiger partial charge in [-0.05, 0) is 25.7 Å². The molecule has 0 radical (unpaired) electrons. The number of carbonyl (C=O) groups is 1. The SMILES string of the molecule is CCOC(=O)[C@@]12C[C@H](N)[C@@H]1C2. The van der Waals surface area contributed by atoms with Crippen molar-refractivity contribution in [3.63, 3.8) is 0 Å². The van der Waals surface area contributed by atoms with Gasteiger partial charge >= 0.3 is 5.97 Å². The molecule has 0 amide bonds. The second-order valence-corrected chi connectivity index (χ2v) is 3.56. The number of ether oxygens (including phenoxy) is 1. The van der Waals surface area contributed by atoms with Crippen molar-refractivity contribution in [2.45, 2.75) is 25.8 Å². The molecule has 2 saturated carbocycles. The third kappa shape index (κ3) is 0.745. The second kappa shape index (κ2) is 1.97. The van der Waals surface area contributed by atoms with Gasteiger partial charge in [-0.25, -0.2) is 0 Å². The number of nitrogens with two attached hydrogens (primary N) is 1. The Balaban J connectivity index is 1.94. The molecule has 0 aromatic heterocycles. The van der Waals surface area contributed by atoms with Crippen molar-refractivity contribution in [2.24, 2.45) is 17.1 Å². The fourth-order valence-corrected chi connectivity index (χ4v) is 2.12. The molecule has 3 nitrogen and oxygen atoms in total. The van der Waals surface area contributed by atoms with Gasteiger partial charge in [-0.15, -0.1) is 0 Å². The Morgan fingerprint density at radius 1 is 1.73 bits per heavy atom. The van der Waals surface area contributed by atoms with Crippen molar-refractivity contribution >= 4 is 5.97 Å². The highest BCUT2D eigenvalue weighted by Crippen LogP contribution is 2.67. The van der Waals surface area contributed by atoms with Gasteiger partial charge in [-0.1, -0.05) is 0 Å². The largest absolute Gasteiger partial charge is 0.466 e. The maximum atomic E-state index is 11.3. The van der Waals surface area contributed by atoms with Crippen LogP contribution in [0.25, 0.3) is 0 Å². The molecule has 2 N–H and O–H groups in total. The summed E-state index contributed by atoms with van der Waals surface area (Å²) in [4.78, 5) is 11.3. The van der Waals surface area contributed by atoms with Crippen LogP contribution in [-0.2, 0) is 9.53 Å². The van der Waals surface area contributed by atoms with Crippen LogP contribution in [0.15, 0.2) is 0 Å². The summed E-state index contributed by atoms with van der Waals surface area (Å²) in [5.74, 6) is 0.424. The van der Waals surface area contributed by atoms with Crippen molar-refractivity contribution in [2.75, 3.05) is 6.61 Å². The molecule has 3 atom stereocenters. The molecule has 2 rings (SSSR count). The van der Waals surface area contributed by atoms with Crippen LogP contribution >= 0.6 is 0 Å². The Morgan fingerprint density at radius 3 is 2.82 bits per heavy atom. The Bertz CT molecular complexity index is 204. The van der Waals surface area contributed by atoms with Crippen molar-refractivity contribution < 1.29 is 9.53 Å². The zero-order chi connectivity index (χ0) is 8.06. The molecule has 0 heterocycles. The van der Waals surface area contributed by atoms with Gasteiger partial charge in [0.15, 0.2) is 0 Å². The highest BCUT2D eigenvalue weighted by Gasteiger charge is 2.71. The van der Waals surface area contributed by atoms with E-state index in [4.69, 9.17) is 10.5 Å². The molecular formula is C8H13NO2. The van der Waals surface area contributed by atoms with Gasteiger partial charge < -0.3 is 10.5 Å². The highest BCUT2D eigenvalue weighted by molar-refractivity contribution is 5.82. The van der Waals surface area contributed by atoms with E-state index in [-0.39, 0.29) is 17.4 Å². The van der Waals surface area contributed by atoms with E-state index in [1.165, 1.54) is 0 Å². The first kappa shape index (κ1) is 7.10. The fraction of sp³-hybridized carbons (Fsp3) is 0.875.